The van der Waals surface area contributed by atoms with Gasteiger partial charge in [0.25, 0.3) is 0 Å². The van der Waals surface area contributed by atoms with Crippen LogP contribution in [0.1, 0.15) is 19.8 Å². The van der Waals surface area contributed by atoms with Crippen LogP contribution in [-0.2, 0) is 4.74 Å². The summed E-state index contributed by atoms with van der Waals surface area (Å²) >= 11 is 0. The molecule has 2 bridgehead atoms. The Morgan fingerprint density at radius 1 is 1.67 bits per heavy atom. The van der Waals surface area contributed by atoms with Crippen molar-refractivity contribution in [2.45, 2.75) is 31.5 Å². The van der Waals surface area contributed by atoms with E-state index in [9.17, 15) is 0 Å². The van der Waals surface area contributed by atoms with Crippen molar-refractivity contribution in [3.05, 3.63) is 0 Å². The molecule has 2 aliphatic rings. The molecule has 0 amide bonds. The monoisotopic (exact) mass is 127 g/mol. The van der Waals surface area contributed by atoms with E-state index in [1.54, 1.807) is 0 Å². The smallest absolute Gasteiger partial charge is 0.0783 e. The summed E-state index contributed by atoms with van der Waals surface area (Å²) in [5.74, 6) is 0. The average molecular weight is 127 g/mol. The normalized spacial score (nSPS) is 49.7. The van der Waals surface area contributed by atoms with Crippen molar-refractivity contribution in [1.82, 2.24) is 5.32 Å². The molecule has 2 saturated heterocycles. The molecule has 0 aromatic rings. The van der Waals surface area contributed by atoms with E-state index >= 15 is 0 Å². The Hall–Kier alpha value is -0.0800. The molecule has 0 radical (unpaired) electrons. The van der Waals surface area contributed by atoms with Crippen molar-refractivity contribution in [3.8, 4) is 0 Å². The van der Waals surface area contributed by atoms with E-state index in [1.807, 2.05) is 0 Å². The van der Waals surface area contributed by atoms with Gasteiger partial charge >= 0.3 is 0 Å². The fourth-order valence-corrected chi connectivity index (χ4v) is 1.76. The van der Waals surface area contributed by atoms with Crippen LogP contribution < -0.4 is 5.32 Å². The summed E-state index contributed by atoms with van der Waals surface area (Å²) in [5.41, 5.74) is 0.183. The van der Waals surface area contributed by atoms with Crippen LogP contribution in [0.3, 0.4) is 0 Å². The molecule has 0 aromatic heterocycles. The minimum atomic E-state index is 0.183. The Morgan fingerprint density at radius 3 is 3.22 bits per heavy atom. The Bertz CT molecular complexity index is 122. The van der Waals surface area contributed by atoms with Crippen LogP contribution in [0.2, 0.25) is 0 Å². The predicted octanol–water partition coefficient (Wildman–Crippen LogP) is 0.527. The number of hydrogen-bond donors (Lipinski definition) is 1. The van der Waals surface area contributed by atoms with Crippen molar-refractivity contribution in [2.24, 2.45) is 0 Å². The van der Waals surface area contributed by atoms with Crippen LogP contribution in [0.5, 0.6) is 0 Å². The first-order valence-corrected chi connectivity index (χ1v) is 3.67. The summed E-state index contributed by atoms with van der Waals surface area (Å²) in [6, 6.07) is 0. The third kappa shape index (κ3) is 0.864. The van der Waals surface area contributed by atoms with Gasteiger partial charge in [0, 0.05) is 13.1 Å². The summed E-state index contributed by atoms with van der Waals surface area (Å²) in [6.45, 7) is 4.30. The molecule has 9 heavy (non-hydrogen) atoms. The molecule has 0 aromatic carbocycles. The van der Waals surface area contributed by atoms with Gasteiger partial charge in [-0.15, -0.1) is 0 Å². The second kappa shape index (κ2) is 1.70. The lowest BCUT2D eigenvalue weighted by molar-refractivity contribution is -0.0513. The topological polar surface area (TPSA) is 21.3 Å². The molecule has 0 aliphatic carbocycles. The first kappa shape index (κ1) is 5.69. The van der Waals surface area contributed by atoms with E-state index in [-0.39, 0.29) is 5.60 Å². The molecule has 2 heteroatoms. The van der Waals surface area contributed by atoms with Crippen molar-refractivity contribution >= 4 is 0 Å². The third-order valence-corrected chi connectivity index (χ3v) is 2.32. The highest BCUT2D eigenvalue weighted by Gasteiger charge is 2.38. The first-order chi connectivity index (χ1) is 4.29. The lowest BCUT2D eigenvalue weighted by Crippen LogP contribution is -2.45. The molecule has 1 N–H and O–H groups in total. The van der Waals surface area contributed by atoms with Crippen LogP contribution in [-0.4, -0.2) is 24.8 Å². The predicted molar refractivity (Wildman–Crippen MR) is 35.4 cm³/mol. The summed E-state index contributed by atoms with van der Waals surface area (Å²) in [5, 5.41) is 3.36. The van der Waals surface area contributed by atoms with Gasteiger partial charge in [0.15, 0.2) is 0 Å². The highest BCUT2D eigenvalue weighted by Crippen LogP contribution is 2.31. The largest absolute Gasteiger partial charge is 0.369 e. The summed E-state index contributed by atoms with van der Waals surface area (Å²) in [4.78, 5) is 0. The zero-order chi connectivity index (χ0) is 6.32. The fraction of sp³-hybridized carbons (Fsp3) is 1.00. The van der Waals surface area contributed by atoms with Crippen molar-refractivity contribution in [3.63, 3.8) is 0 Å². The number of nitrogens with one attached hydrogen (secondary N) is 1. The number of ether oxygens (including phenoxy) is 1. The van der Waals surface area contributed by atoms with E-state index in [0.717, 1.165) is 13.1 Å². The zero-order valence-corrected chi connectivity index (χ0v) is 5.81. The highest BCUT2D eigenvalue weighted by molar-refractivity contribution is 4.91. The molecular weight excluding hydrogens is 114 g/mol. The molecule has 0 saturated carbocycles. The molecule has 0 spiro atoms. The van der Waals surface area contributed by atoms with Crippen LogP contribution in [0, 0.1) is 0 Å². The van der Waals surface area contributed by atoms with Gasteiger partial charge in [-0.3, -0.25) is 0 Å². The van der Waals surface area contributed by atoms with Crippen LogP contribution in [0.15, 0.2) is 0 Å². The standard InChI is InChI=1S/C7H13NO/c1-7-3-2-6(9-7)4-8-5-7/h6,8H,2-5H2,1H3. The summed E-state index contributed by atoms with van der Waals surface area (Å²) in [7, 11) is 0. The van der Waals surface area contributed by atoms with Gasteiger partial charge in [-0.1, -0.05) is 0 Å². The second-order valence-electron chi connectivity index (χ2n) is 3.36. The quantitative estimate of drug-likeness (QED) is 0.512. The molecule has 2 aliphatic heterocycles. The van der Waals surface area contributed by atoms with E-state index in [0.29, 0.717) is 6.10 Å². The molecule has 2 rings (SSSR count). The molecule has 2 heterocycles. The van der Waals surface area contributed by atoms with Crippen LogP contribution in [0.4, 0.5) is 0 Å². The number of fused-ring (bicyclic) bond motifs is 2. The Morgan fingerprint density at radius 2 is 2.56 bits per heavy atom. The van der Waals surface area contributed by atoms with E-state index in [4.69, 9.17) is 4.74 Å². The van der Waals surface area contributed by atoms with Gasteiger partial charge in [-0.25, -0.2) is 0 Å². The molecule has 2 nitrogen and oxygen atoms in total. The lowest BCUT2D eigenvalue weighted by Gasteiger charge is -2.30. The zero-order valence-electron chi connectivity index (χ0n) is 5.81. The second-order valence-corrected chi connectivity index (χ2v) is 3.36. The molecular formula is C7H13NO. The molecule has 2 fully saturated rings. The Labute approximate surface area is 55.6 Å². The van der Waals surface area contributed by atoms with Gasteiger partial charge < -0.3 is 10.1 Å². The van der Waals surface area contributed by atoms with E-state index < -0.39 is 0 Å². The first-order valence-electron chi connectivity index (χ1n) is 3.67. The maximum atomic E-state index is 5.72. The van der Waals surface area contributed by atoms with E-state index in [1.165, 1.54) is 12.8 Å². The minimum Gasteiger partial charge on any atom is -0.369 e. The average Bonchev–Trinajstić information content (AvgIpc) is 2.07. The van der Waals surface area contributed by atoms with Crippen molar-refractivity contribution in [1.29, 1.82) is 0 Å². The van der Waals surface area contributed by atoms with Crippen molar-refractivity contribution in [2.75, 3.05) is 13.1 Å². The molecule has 2 unspecified atom stereocenters. The highest BCUT2D eigenvalue weighted by atomic mass is 16.5. The van der Waals surface area contributed by atoms with Gasteiger partial charge in [0.1, 0.15) is 0 Å². The fourth-order valence-electron chi connectivity index (χ4n) is 1.76. The van der Waals surface area contributed by atoms with E-state index in [2.05, 4.69) is 12.2 Å². The summed E-state index contributed by atoms with van der Waals surface area (Å²) < 4.78 is 5.72. The number of hydrogen-bond acceptors (Lipinski definition) is 2. The maximum Gasteiger partial charge on any atom is 0.0783 e. The summed E-state index contributed by atoms with van der Waals surface area (Å²) in [6.07, 6.45) is 3.01. The SMILES string of the molecule is CC12CCC(CNC1)O2. The molecule has 52 valence electrons. The minimum absolute atomic E-state index is 0.183. The Kier molecular flexibility index (Phi) is 1.08. The molecule has 2 atom stereocenters. The van der Waals surface area contributed by atoms with Crippen LogP contribution >= 0.6 is 0 Å². The van der Waals surface area contributed by atoms with Gasteiger partial charge in [0.05, 0.1) is 11.7 Å². The van der Waals surface area contributed by atoms with Crippen molar-refractivity contribution < 1.29 is 4.74 Å². The third-order valence-electron chi connectivity index (χ3n) is 2.32. The number of morpholine rings is 1. The number of rotatable bonds is 0. The Balaban J connectivity index is 2.13. The van der Waals surface area contributed by atoms with Gasteiger partial charge in [-0.05, 0) is 19.8 Å². The van der Waals surface area contributed by atoms with Gasteiger partial charge in [0.2, 0.25) is 0 Å². The lowest BCUT2D eigenvalue weighted by atomic mass is 10.0. The van der Waals surface area contributed by atoms with Crippen LogP contribution in [0.25, 0.3) is 0 Å². The maximum absolute atomic E-state index is 5.72. The van der Waals surface area contributed by atoms with Gasteiger partial charge in [-0.2, -0.15) is 0 Å².